The number of hydrogen-bond donors (Lipinski definition) is 2. The van der Waals surface area contributed by atoms with Crippen LogP contribution in [0, 0.1) is 6.92 Å². The third kappa shape index (κ3) is 4.35. The Labute approximate surface area is 107 Å². The summed E-state index contributed by atoms with van der Waals surface area (Å²) in [7, 11) is 1.58. The molecule has 1 aromatic carbocycles. The normalized spacial score (nSPS) is 10.2. The first kappa shape index (κ1) is 14.5. The van der Waals surface area contributed by atoms with E-state index in [-0.39, 0.29) is 19.1 Å². The van der Waals surface area contributed by atoms with E-state index in [0.717, 1.165) is 5.56 Å². The fourth-order valence-electron chi connectivity index (χ4n) is 1.47. The van der Waals surface area contributed by atoms with Gasteiger partial charge in [0.1, 0.15) is 5.75 Å². The van der Waals surface area contributed by atoms with Crippen molar-refractivity contribution in [2.24, 2.45) is 0 Å². The molecule has 0 aliphatic heterocycles. The molecule has 18 heavy (non-hydrogen) atoms. The lowest BCUT2D eigenvalue weighted by Gasteiger charge is -2.08. The molecule has 0 aliphatic carbocycles. The number of aliphatic hydroxyl groups is 1. The van der Waals surface area contributed by atoms with Crippen molar-refractivity contribution >= 4 is 5.91 Å². The molecule has 2 N–H and O–H groups in total. The van der Waals surface area contributed by atoms with Crippen molar-refractivity contribution in [1.82, 2.24) is 5.32 Å². The van der Waals surface area contributed by atoms with E-state index < -0.39 is 0 Å². The molecule has 0 atom stereocenters. The van der Waals surface area contributed by atoms with Gasteiger partial charge in [-0.25, -0.2) is 0 Å². The van der Waals surface area contributed by atoms with Crippen molar-refractivity contribution in [2.75, 3.05) is 33.5 Å². The molecule has 1 rings (SSSR count). The number of benzene rings is 1. The second-order valence-corrected chi connectivity index (χ2v) is 3.78. The van der Waals surface area contributed by atoms with Crippen LogP contribution < -0.4 is 10.1 Å². The van der Waals surface area contributed by atoms with Crippen molar-refractivity contribution < 1.29 is 19.4 Å². The first-order valence-electron chi connectivity index (χ1n) is 5.80. The molecule has 0 fully saturated rings. The van der Waals surface area contributed by atoms with Gasteiger partial charge in [-0.05, 0) is 24.6 Å². The lowest BCUT2D eigenvalue weighted by atomic mass is 10.1. The van der Waals surface area contributed by atoms with Crippen LogP contribution in [0.1, 0.15) is 15.9 Å². The van der Waals surface area contributed by atoms with E-state index in [4.69, 9.17) is 14.6 Å². The molecule has 0 aromatic heterocycles. The number of hydrogen-bond acceptors (Lipinski definition) is 4. The number of aryl methyl sites for hydroxylation is 1. The second kappa shape index (κ2) is 7.68. The maximum Gasteiger partial charge on any atom is 0.251 e. The number of methoxy groups -OCH3 is 1. The average Bonchev–Trinajstić information content (AvgIpc) is 2.38. The summed E-state index contributed by atoms with van der Waals surface area (Å²) in [4.78, 5) is 11.8. The SMILES string of the molecule is COc1cc(C(=O)NCCOCCO)ccc1C. The van der Waals surface area contributed by atoms with Gasteiger partial charge in [-0.2, -0.15) is 0 Å². The van der Waals surface area contributed by atoms with Crippen LogP contribution in [0.2, 0.25) is 0 Å². The third-order valence-corrected chi connectivity index (χ3v) is 2.44. The Kier molecular flexibility index (Phi) is 6.18. The van der Waals surface area contributed by atoms with E-state index in [1.165, 1.54) is 0 Å². The maximum absolute atomic E-state index is 11.8. The van der Waals surface area contributed by atoms with E-state index in [9.17, 15) is 4.79 Å². The van der Waals surface area contributed by atoms with Crippen LogP contribution in [-0.2, 0) is 4.74 Å². The number of amides is 1. The summed E-state index contributed by atoms with van der Waals surface area (Å²) < 4.78 is 10.2. The predicted octanol–water partition coefficient (Wildman–Crippen LogP) is 0.742. The minimum absolute atomic E-state index is 0.0108. The first-order chi connectivity index (χ1) is 8.69. The van der Waals surface area contributed by atoms with Crippen LogP contribution in [-0.4, -0.2) is 44.5 Å². The van der Waals surface area contributed by atoms with E-state index in [0.29, 0.717) is 24.5 Å². The minimum Gasteiger partial charge on any atom is -0.496 e. The van der Waals surface area contributed by atoms with Crippen molar-refractivity contribution in [1.29, 1.82) is 0 Å². The zero-order valence-corrected chi connectivity index (χ0v) is 10.7. The van der Waals surface area contributed by atoms with Crippen LogP contribution in [0.3, 0.4) is 0 Å². The summed E-state index contributed by atoms with van der Waals surface area (Å²) in [6, 6.07) is 5.30. The molecule has 0 spiro atoms. The van der Waals surface area contributed by atoms with E-state index in [2.05, 4.69) is 5.32 Å². The fraction of sp³-hybridized carbons (Fsp3) is 0.462. The van der Waals surface area contributed by atoms with Gasteiger partial charge >= 0.3 is 0 Å². The molecule has 5 heteroatoms. The Balaban J connectivity index is 2.46. The molecule has 5 nitrogen and oxygen atoms in total. The summed E-state index contributed by atoms with van der Waals surface area (Å²) in [6.45, 7) is 2.99. The molecular formula is C13H19NO4. The highest BCUT2D eigenvalue weighted by Gasteiger charge is 2.07. The summed E-state index contributed by atoms with van der Waals surface area (Å²) in [5.74, 6) is 0.528. The highest BCUT2D eigenvalue weighted by Crippen LogP contribution is 2.18. The largest absolute Gasteiger partial charge is 0.496 e. The predicted molar refractivity (Wildman–Crippen MR) is 68.0 cm³/mol. The summed E-state index contributed by atoms with van der Waals surface area (Å²) in [5, 5.41) is 11.2. The van der Waals surface area contributed by atoms with Crippen molar-refractivity contribution in [3.05, 3.63) is 29.3 Å². The van der Waals surface area contributed by atoms with Crippen LogP contribution in [0.15, 0.2) is 18.2 Å². The highest BCUT2D eigenvalue weighted by molar-refractivity contribution is 5.94. The molecule has 1 amide bonds. The molecular weight excluding hydrogens is 234 g/mol. The van der Waals surface area contributed by atoms with Gasteiger partial charge in [0, 0.05) is 12.1 Å². The van der Waals surface area contributed by atoms with Crippen LogP contribution >= 0.6 is 0 Å². The van der Waals surface area contributed by atoms with Gasteiger partial charge in [0.2, 0.25) is 0 Å². The van der Waals surface area contributed by atoms with E-state index in [1.54, 1.807) is 19.2 Å². The van der Waals surface area contributed by atoms with Crippen molar-refractivity contribution in [2.45, 2.75) is 6.92 Å². The van der Waals surface area contributed by atoms with Gasteiger partial charge in [-0.1, -0.05) is 6.07 Å². The van der Waals surface area contributed by atoms with Crippen molar-refractivity contribution in [3.63, 3.8) is 0 Å². The van der Waals surface area contributed by atoms with E-state index >= 15 is 0 Å². The summed E-state index contributed by atoms with van der Waals surface area (Å²) in [6.07, 6.45) is 0. The van der Waals surface area contributed by atoms with Crippen LogP contribution in [0.4, 0.5) is 0 Å². The van der Waals surface area contributed by atoms with Gasteiger partial charge in [-0.15, -0.1) is 0 Å². The van der Waals surface area contributed by atoms with Gasteiger partial charge in [0.15, 0.2) is 0 Å². The maximum atomic E-state index is 11.8. The lowest BCUT2D eigenvalue weighted by Crippen LogP contribution is -2.27. The Morgan fingerprint density at radius 3 is 2.83 bits per heavy atom. The first-order valence-corrected chi connectivity index (χ1v) is 5.80. The summed E-state index contributed by atoms with van der Waals surface area (Å²) >= 11 is 0. The fourth-order valence-corrected chi connectivity index (χ4v) is 1.47. The smallest absolute Gasteiger partial charge is 0.251 e. The molecule has 0 unspecified atom stereocenters. The monoisotopic (exact) mass is 253 g/mol. The molecule has 0 bridgehead atoms. The second-order valence-electron chi connectivity index (χ2n) is 3.78. The number of rotatable bonds is 7. The topological polar surface area (TPSA) is 67.8 Å². The number of ether oxygens (including phenoxy) is 2. The lowest BCUT2D eigenvalue weighted by molar-refractivity contribution is 0.0838. The number of carbonyl (C=O) groups is 1. The van der Waals surface area contributed by atoms with Gasteiger partial charge in [0.05, 0.1) is 26.9 Å². The third-order valence-electron chi connectivity index (χ3n) is 2.44. The number of nitrogens with one attached hydrogen (secondary N) is 1. The Hall–Kier alpha value is -1.59. The minimum atomic E-state index is -0.166. The quantitative estimate of drug-likeness (QED) is 0.703. The molecule has 1 aromatic rings. The molecule has 100 valence electrons. The van der Waals surface area contributed by atoms with Gasteiger partial charge < -0.3 is 19.9 Å². The van der Waals surface area contributed by atoms with Crippen molar-refractivity contribution in [3.8, 4) is 5.75 Å². The number of aliphatic hydroxyl groups excluding tert-OH is 1. The van der Waals surface area contributed by atoms with E-state index in [1.807, 2.05) is 13.0 Å². The zero-order valence-electron chi connectivity index (χ0n) is 10.7. The van der Waals surface area contributed by atoms with Gasteiger partial charge in [-0.3, -0.25) is 4.79 Å². The Bertz CT molecular complexity index is 393. The van der Waals surface area contributed by atoms with Crippen LogP contribution in [0.5, 0.6) is 5.75 Å². The molecule has 0 saturated carbocycles. The van der Waals surface area contributed by atoms with Gasteiger partial charge in [0.25, 0.3) is 5.91 Å². The molecule has 0 aliphatic rings. The Morgan fingerprint density at radius 2 is 2.17 bits per heavy atom. The molecule has 0 radical (unpaired) electrons. The molecule has 0 heterocycles. The van der Waals surface area contributed by atoms with Crippen LogP contribution in [0.25, 0.3) is 0 Å². The summed E-state index contributed by atoms with van der Waals surface area (Å²) in [5.41, 5.74) is 1.54. The standard InChI is InChI=1S/C13H19NO4/c1-10-3-4-11(9-12(10)17-2)13(16)14-5-7-18-8-6-15/h3-4,9,15H,5-8H2,1-2H3,(H,14,16). The molecule has 0 saturated heterocycles. The zero-order chi connectivity index (χ0) is 13.4. The number of carbonyl (C=O) groups excluding carboxylic acids is 1. The Morgan fingerprint density at radius 1 is 1.39 bits per heavy atom. The average molecular weight is 253 g/mol. The highest BCUT2D eigenvalue weighted by atomic mass is 16.5.